The second-order valence-electron chi connectivity index (χ2n) is 2.66. The van der Waals surface area contributed by atoms with Gasteiger partial charge in [0.2, 0.25) is 0 Å². The number of nitrogens with two attached hydrogens (primary N) is 1. The molecule has 0 aliphatic rings. The smallest absolute Gasteiger partial charge is 0.165 e. The molecule has 2 rings (SSSR count). The largest absolute Gasteiger partial charge is 0.381 e. The van der Waals surface area contributed by atoms with Crippen LogP contribution < -0.4 is 5.73 Å². The molecular formula is C8H9N5. The predicted molar refractivity (Wildman–Crippen MR) is 47.8 cm³/mol. The molecule has 0 saturated carbocycles. The summed E-state index contributed by atoms with van der Waals surface area (Å²) in [5, 5.41) is 7.94. The van der Waals surface area contributed by atoms with Gasteiger partial charge in [-0.3, -0.25) is 4.98 Å². The van der Waals surface area contributed by atoms with E-state index in [9.17, 15) is 0 Å². The lowest BCUT2D eigenvalue weighted by Gasteiger charge is -1.97. The van der Waals surface area contributed by atoms with Crippen molar-refractivity contribution in [2.75, 3.05) is 5.73 Å². The second-order valence-corrected chi connectivity index (χ2v) is 2.66. The Morgan fingerprint density at radius 1 is 1.31 bits per heavy atom. The summed E-state index contributed by atoms with van der Waals surface area (Å²) in [6, 6.07) is 3.83. The maximum absolute atomic E-state index is 5.43. The summed E-state index contributed by atoms with van der Waals surface area (Å²) < 4.78 is 0. The van der Waals surface area contributed by atoms with Crippen LogP contribution in [0.4, 0.5) is 5.82 Å². The lowest BCUT2D eigenvalue weighted by molar-refractivity contribution is 0.592. The van der Waals surface area contributed by atoms with Gasteiger partial charge in [-0.05, 0) is 17.7 Å². The normalized spacial score (nSPS) is 10.2. The molecule has 0 bridgehead atoms. The van der Waals surface area contributed by atoms with Crippen molar-refractivity contribution in [3.63, 3.8) is 0 Å². The van der Waals surface area contributed by atoms with Gasteiger partial charge in [0.05, 0.1) is 12.7 Å². The molecule has 2 aromatic heterocycles. The zero-order valence-corrected chi connectivity index (χ0v) is 6.96. The van der Waals surface area contributed by atoms with Crippen LogP contribution in [0.15, 0.2) is 30.7 Å². The van der Waals surface area contributed by atoms with Gasteiger partial charge in [-0.25, -0.2) is 0 Å². The Hall–Kier alpha value is -1.91. The van der Waals surface area contributed by atoms with Crippen molar-refractivity contribution < 1.29 is 0 Å². The minimum atomic E-state index is 0.439. The Labute approximate surface area is 75.2 Å². The van der Waals surface area contributed by atoms with Crippen LogP contribution in [0, 0.1) is 0 Å². The molecular weight excluding hydrogens is 166 g/mol. The number of aromatic nitrogens is 4. The Morgan fingerprint density at radius 2 is 2.08 bits per heavy atom. The van der Waals surface area contributed by atoms with E-state index in [0.717, 1.165) is 5.56 Å². The van der Waals surface area contributed by atoms with Crippen molar-refractivity contribution in [2.45, 2.75) is 6.54 Å². The van der Waals surface area contributed by atoms with Gasteiger partial charge in [0.15, 0.2) is 5.82 Å². The molecule has 0 aliphatic heterocycles. The fourth-order valence-corrected chi connectivity index (χ4v) is 1.04. The van der Waals surface area contributed by atoms with E-state index in [0.29, 0.717) is 12.4 Å². The van der Waals surface area contributed by atoms with E-state index in [4.69, 9.17) is 5.73 Å². The zero-order chi connectivity index (χ0) is 9.10. The Bertz CT molecular complexity index is 380. The van der Waals surface area contributed by atoms with Crippen LogP contribution in [-0.4, -0.2) is 20.0 Å². The van der Waals surface area contributed by atoms with E-state index in [1.165, 1.54) is 6.20 Å². The topological polar surface area (TPSA) is 69.6 Å². The number of anilines is 1. The van der Waals surface area contributed by atoms with Gasteiger partial charge in [0.25, 0.3) is 0 Å². The lowest BCUT2D eigenvalue weighted by Crippen LogP contribution is -2.03. The third-order valence-electron chi connectivity index (χ3n) is 1.63. The number of nitrogens with zero attached hydrogens (tertiary/aromatic N) is 4. The van der Waals surface area contributed by atoms with Crippen molar-refractivity contribution in [3.8, 4) is 0 Å². The Balaban J connectivity index is 2.15. The van der Waals surface area contributed by atoms with Gasteiger partial charge in [-0.2, -0.15) is 9.90 Å². The van der Waals surface area contributed by atoms with Crippen LogP contribution in [0.3, 0.4) is 0 Å². The van der Waals surface area contributed by atoms with Gasteiger partial charge in [-0.1, -0.05) is 0 Å². The number of hydrogen-bond donors (Lipinski definition) is 1. The molecule has 0 aromatic carbocycles. The van der Waals surface area contributed by atoms with E-state index in [1.807, 2.05) is 12.1 Å². The third kappa shape index (κ3) is 1.81. The minimum absolute atomic E-state index is 0.439. The first-order chi connectivity index (χ1) is 6.34. The molecule has 66 valence electrons. The van der Waals surface area contributed by atoms with Crippen molar-refractivity contribution >= 4 is 5.82 Å². The number of nitrogen functional groups attached to an aromatic ring is 1. The van der Waals surface area contributed by atoms with Crippen molar-refractivity contribution in [3.05, 3.63) is 36.3 Å². The standard InChI is InChI=1S/C8H9N5/c9-8-5-11-13(12-8)6-7-1-3-10-4-2-7/h1-5H,6H2,(H2,9,12). The van der Waals surface area contributed by atoms with Gasteiger partial charge in [-0.15, -0.1) is 5.10 Å². The average molecular weight is 175 g/mol. The quantitative estimate of drug-likeness (QED) is 0.712. The fourth-order valence-electron chi connectivity index (χ4n) is 1.04. The lowest BCUT2D eigenvalue weighted by atomic mass is 10.3. The number of rotatable bonds is 2. The molecule has 0 radical (unpaired) electrons. The maximum Gasteiger partial charge on any atom is 0.165 e. The first-order valence-electron chi connectivity index (χ1n) is 3.89. The summed E-state index contributed by atoms with van der Waals surface area (Å²) in [6.07, 6.45) is 5.01. The summed E-state index contributed by atoms with van der Waals surface area (Å²) in [4.78, 5) is 5.46. The second kappa shape index (κ2) is 3.22. The van der Waals surface area contributed by atoms with Crippen molar-refractivity contribution in [2.24, 2.45) is 0 Å². The molecule has 0 fully saturated rings. The molecule has 0 atom stereocenters. The molecule has 0 aliphatic carbocycles. The molecule has 5 nitrogen and oxygen atoms in total. The summed E-state index contributed by atoms with van der Waals surface area (Å²) in [7, 11) is 0. The van der Waals surface area contributed by atoms with Crippen LogP contribution >= 0.6 is 0 Å². The molecule has 0 saturated heterocycles. The summed E-state index contributed by atoms with van der Waals surface area (Å²) >= 11 is 0. The zero-order valence-electron chi connectivity index (χ0n) is 6.96. The van der Waals surface area contributed by atoms with Gasteiger partial charge < -0.3 is 5.73 Å². The molecule has 2 N–H and O–H groups in total. The van der Waals surface area contributed by atoms with Gasteiger partial charge in [0, 0.05) is 12.4 Å². The Kier molecular flexibility index (Phi) is 1.91. The maximum atomic E-state index is 5.43. The summed E-state index contributed by atoms with van der Waals surface area (Å²) in [5.41, 5.74) is 6.53. The highest BCUT2D eigenvalue weighted by Gasteiger charge is 1.96. The fraction of sp³-hybridized carbons (Fsp3) is 0.125. The molecule has 0 spiro atoms. The highest BCUT2D eigenvalue weighted by atomic mass is 15.5. The van der Waals surface area contributed by atoms with Gasteiger partial charge >= 0.3 is 0 Å². The molecule has 2 aromatic rings. The number of hydrogen-bond acceptors (Lipinski definition) is 4. The first kappa shape index (κ1) is 7.72. The number of pyridine rings is 1. The highest BCUT2D eigenvalue weighted by Crippen LogP contribution is 1.99. The summed E-state index contributed by atoms with van der Waals surface area (Å²) in [5.74, 6) is 0.439. The first-order valence-corrected chi connectivity index (χ1v) is 3.89. The molecule has 0 amide bonds. The Morgan fingerprint density at radius 3 is 2.69 bits per heavy atom. The van der Waals surface area contributed by atoms with Crippen molar-refractivity contribution in [1.29, 1.82) is 0 Å². The van der Waals surface area contributed by atoms with E-state index < -0.39 is 0 Å². The van der Waals surface area contributed by atoms with E-state index in [1.54, 1.807) is 17.2 Å². The van der Waals surface area contributed by atoms with Crippen LogP contribution in [-0.2, 0) is 6.54 Å². The van der Waals surface area contributed by atoms with Crippen LogP contribution in [0.2, 0.25) is 0 Å². The minimum Gasteiger partial charge on any atom is -0.381 e. The highest BCUT2D eigenvalue weighted by molar-refractivity contribution is 5.19. The van der Waals surface area contributed by atoms with E-state index >= 15 is 0 Å². The molecule has 0 unspecified atom stereocenters. The van der Waals surface area contributed by atoms with E-state index in [-0.39, 0.29) is 0 Å². The average Bonchev–Trinajstić information content (AvgIpc) is 2.53. The van der Waals surface area contributed by atoms with Gasteiger partial charge in [0.1, 0.15) is 0 Å². The van der Waals surface area contributed by atoms with Crippen LogP contribution in [0.1, 0.15) is 5.56 Å². The SMILES string of the molecule is Nc1cnn(Cc2ccncc2)n1. The molecule has 5 heteroatoms. The monoisotopic (exact) mass is 175 g/mol. The van der Waals surface area contributed by atoms with Crippen LogP contribution in [0.25, 0.3) is 0 Å². The third-order valence-corrected chi connectivity index (χ3v) is 1.63. The van der Waals surface area contributed by atoms with Crippen LogP contribution in [0.5, 0.6) is 0 Å². The summed E-state index contributed by atoms with van der Waals surface area (Å²) in [6.45, 7) is 0.625. The predicted octanol–water partition coefficient (Wildman–Crippen LogP) is 0.304. The molecule has 13 heavy (non-hydrogen) atoms. The van der Waals surface area contributed by atoms with Crippen molar-refractivity contribution in [1.82, 2.24) is 20.0 Å². The van der Waals surface area contributed by atoms with E-state index in [2.05, 4.69) is 15.2 Å². The molecule has 2 heterocycles.